The third kappa shape index (κ3) is 3.61. The molecule has 1 unspecified atom stereocenters. The molecule has 0 saturated carbocycles. The van der Waals surface area contributed by atoms with Crippen molar-refractivity contribution in [1.29, 1.82) is 0 Å². The minimum atomic E-state index is -2.95. The van der Waals surface area contributed by atoms with Crippen molar-refractivity contribution in [2.24, 2.45) is 5.73 Å². The van der Waals surface area contributed by atoms with E-state index >= 15 is 0 Å². The van der Waals surface area contributed by atoms with E-state index in [9.17, 15) is 8.42 Å². The van der Waals surface area contributed by atoms with Crippen molar-refractivity contribution in [1.82, 2.24) is 4.57 Å². The van der Waals surface area contributed by atoms with Crippen molar-refractivity contribution in [3.8, 4) is 0 Å². The zero-order valence-electron chi connectivity index (χ0n) is 12.0. The average Bonchev–Trinajstić information content (AvgIpc) is 2.79. The minimum Gasteiger partial charge on any atom is -0.346 e. The van der Waals surface area contributed by atoms with Crippen LogP contribution in [0.25, 0.3) is 10.9 Å². The van der Waals surface area contributed by atoms with Gasteiger partial charge in [-0.3, -0.25) is 0 Å². The number of aryl methyl sites for hydroxylation is 1. The molecule has 2 aromatic rings. The highest BCUT2D eigenvalue weighted by Gasteiger charge is 2.11. The standard InChI is InChI=1S/C15H22N2O2S/c1-3-14(16)11-13-6-4-5-12-7-8-17(15(12)13)9-10-20(2,18)19/h4-8,14H,3,9-11,16H2,1-2H3. The summed E-state index contributed by atoms with van der Waals surface area (Å²) in [6.07, 6.45) is 4.97. The van der Waals surface area contributed by atoms with E-state index in [0.29, 0.717) is 6.54 Å². The number of nitrogens with two attached hydrogens (primary N) is 1. The highest BCUT2D eigenvalue weighted by Crippen LogP contribution is 2.22. The number of nitrogens with zero attached hydrogens (tertiary/aromatic N) is 1. The Bertz CT molecular complexity index is 689. The summed E-state index contributed by atoms with van der Waals surface area (Å²) >= 11 is 0. The van der Waals surface area contributed by atoms with Gasteiger partial charge in [-0.1, -0.05) is 25.1 Å². The van der Waals surface area contributed by atoms with Gasteiger partial charge in [0.1, 0.15) is 9.84 Å². The number of fused-ring (bicyclic) bond motifs is 1. The molecular formula is C15H22N2O2S. The van der Waals surface area contributed by atoms with Crippen LogP contribution in [0.3, 0.4) is 0 Å². The zero-order valence-corrected chi connectivity index (χ0v) is 12.9. The van der Waals surface area contributed by atoms with Gasteiger partial charge >= 0.3 is 0 Å². The molecule has 5 heteroatoms. The second-order valence-corrected chi connectivity index (χ2v) is 7.63. The molecule has 0 aliphatic rings. The van der Waals surface area contributed by atoms with Gasteiger partial charge in [-0.05, 0) is 29.9 Å². The Morgan fingerprint density at radius 2 is 2.05 bits per heavy atom. The minimum absolute atomic E-state index is 0.138. The molecule has 1 aromatic carbocycles. The van der Waals surface area contributed by atoms with Gasteiger partial charge in [0.25, 0.3) is 0 Å². The summed E-state index contributed by atoms with van der Waals surface area (Å²) in [5.41, 5.74) is 8.35. The normalized spacial score (nSPS) is 13.8. The van der Waals surface area contributed by atoms with Crippen molar-refractivity contribution in [3.05, 3.63) is 36.0 Å². The molecular weight excluding hydrogens is 272 g/mol. The molecule has 0 fully saturated rings. The maximum absolute atomic E-state index is 11.3. The lowest BCUT2D eigenvalue weighted by atomic mass is 10.0. The molecule has 0 aliphatic carbocycles. The number of aromatic nitrogens is 1. The third-order valence-corrected chi connectivity index (χ3v) is 4.51. The molecule has 1 aromatic heterocycles. The molecule has 0 saturated heterocycles. The van der Waals surface area contributed by atoms with E-state index in [1.165, 1.54) is 11.8 Å². The van der Waals surface area contributed by atoms with Gasteiger partial charge in [-0.25, -0.2) is 8.42 Å². The van der Waals surface area contributed by atoms with Gasteiger partial charge in [0.15, 0.2) is 0 Å². The zero-order chi connectivity index (χ0) is 14.8. The summed E-state index contributed by atoms with van der Waals surface area (Å²) in [6.45, 7) is 2.56. The highest BCUT2D eigenvalue weighted by atomic mass is 32.2. The molecule has 0 spiro atoms. The van der Waals surface area contributed by atoms with Crippen molar-refractivity contribution >= 4 is 20.7 Å². The van der Waals surface area contributed by atoms with Crippen LogP contribution in [0.4, 0.5) is 0 Å². The molecule has 110 valence electrons. The van der Waals surface area contributed by atoms with E-state index in [1.807, 2.05) is 29.0 Å². The van der Waals surface area contributed by atoms with Gasteiger partial charge in [0.05, 0.1) is 11.3 Å². The van der Waals surface area contributed by atoms with E-state index in [1.54, 1.807) is 0 Å². The van der Waals surface area contributed by atoms with Crippen LogP contribution in [0, 0.1) is 0 Å². The molecule has 0 bridgehead atoms. The van der Waals surface area contributed by atoms with Gasteiger partial charge in [-0.15, -0.1) is 0 Å². The van der Waals surface area contributed by atoms with Crippen molar-refractivity contribution < 1.29 is 8.42 Å². The Morgan fingerprint density at radius 1 is 1.30 bits per heavy atom. The summed E-state index contributed by atoms with van der Waals surface area (Å²) < 4.78 is 24.7. The first-order valence-electron chi connectivity index (χ1n) is 6.90. The molecule has 0 amide bonds. The van der Waals surface area contributed by atoms with Crippen molar-refractivity contribution in [3.63, 3.8) is 0 Å². The quantitative estimate of drug-likeness (QED) is 0.886. The lowest BCUT2D eigenvalue weighted by molar-refractivity contribution is 0.595. The average molecular weight is 294 g/mol. The number of para-hydroxylation sites is 1. The number of sulfone groups is 1. The number of rotatable bonds is 6. The van der Waals surface area contributed by atoms with Crippen LogP contribution in [0.5, 0.6) is 0 Å². The smallest absolute Gasteiger partial charge is 0.149 e. The molecule has 4 nitrogen and oxygen atoms in total. The maximum atomic E-state index is 11.3. The SMILES string of the molecule is CCC(N)Cc1cccc2ccn(CCS(C)(=O)=O)c12. The van der Waals surface area contributed by atoms with Crippen LogP contribution in [0.1, 0.15) is 18.9 Å². The summed E-state index contributed by atoms with van der Waals surface area (Å²) in [7, 11) is -2.95. The summed E-state index contributed by atoms with van der Waals surface area (Å²) in [5.74, 6) is 0.158. The van der Waals surface area contributed by atoms with E-state index in [-0.39, 0.29) is 11.8 Å². The Hall–Kier alpha value is -1.33. The third-order valence-electron chi connectivity index (χ3n) is 3.58. The highest BCUT2D eigenvalue weighted by molar-refractivity contribution is 7.90. The van der Waals surface area contributed by atoms with Crippen LogP contribution < -0.4 is 5.73 Å². The number of hydrogen-bond donors (Lipinski definition) is 1. The van der Waals surface area contributed by atoms with E-state index < -0.39 is 9.84 Å². The fourth-order valence-corrected chi connectivity index (χ4v) is 2.91. The van der Waals surface area contributed by atoms with E-state index in [0.717, 1.165) is 23.7 Å². The second-order valence-electron chi connectivity index (χ2n) is 5.37. The number of benzene rings is 1. The first-order chi connectivity index (χ1) is 9.40. The van der Waals surface area contributed by atoms with Crippen LogP contribution >= 0.6 is 0 Å². The Balaban J connectivity index is 2.36. The topological polar surface area (TPSA) is 65.1 Å². The van der Waals surface area contributed by atoms with Crippen molar-refractivity contribution in [2.45, 2.75) is 32.4 Å². The predicted octanol–water partition coefficient (Wildman–Crippen LogP) is 1.97. The molecule has 2 rings (SSSR count). The van der Waals surface area contributed by atoms with Crippen LogP contribution in [-0.4, -0.2) is 31.0 Å². The summed E-state index contributed by atoms with van der Waals surface area (Å²) in [6, 6.07) is 8.32. The Morgan fingerprint density at radius 3 is 2.70 bits per heavy atom. The monoisotopic (exact) mass is 294 g/mol. The Labute approximate surface area is 120 Å². The fraction of sp³-hybridized carbons (Fsp3) is 0.467. The molecule has 0 aliphatic heterocycles. The van der Waals surface area contributed by atoms with Gasteiger partial charge in [-0.2, -0.15) is 0 Å². The molecule has 2 N–H and O–H groups in total. The fourth-order valence-electron chi connectivity index (χ4n) is 2.38. The molecule has 1 heterocycles. The van der Waals surface area contributed by atoms with Gasteiger partial charge in [0.2, 0.25) is 0 Å². The van der Waals surface area contributed by atoms with Gasteiger partial charge < -0.3 is 10.3 Å². The second kappa shape index (κ2) is 5.97. The van der Waals surface area contributed by atoms with Crippen LogP contribution in [0.2, 0.25) is 0 Å². The molecule has 20 heavy (non-hydrogen) atoms. The first kappa shape index (κ1) is 15.1. The Kier molecular flexibility index (Phi) is 4.50. The summed E-state index contributed by atoms with van der Waals surface area (Å²) in [4.78, 5) is 0. The first-order valence-corrected chi connectivity index (χ1v) is 8.97. The van der Waals surface area contributed by atoms with Gasteiger partial charge in [0, 0.05) is 25.0 Å². The lowest BCUT2D eigenvalue weighted by Crippen LogP contribution is -2.22. The van der Waals surface area contributed by atoms with Crippen molar-refractivity contribution in [2.75, 3.05) is 12.0 Å². The van der Waals surface area contributed by atoms with E-state index in [2.05, 4.69) is 13.0 Å². The number of hydrogen-bond acceptors (Lipinski definition) is 3. The van der Waals surface area contributed by atoms with Crippen LogP contribution in [-0.2, 0) is 22.8 Å². The summed E-state index contributed by atoms with van der Waals surface area (Å²) in [5, 5.41) is 1.14. The van der Waals surface area contributed by atoms with Crippen LogP contribution in [0.15, 0.2) is 30.5 Å². The molecule has 0 radical (unpaired) electrons. The largest absolute Gasteiger partial charge is 0.346 e. The molecule has 1 atom stereocenters. The maximum Gasteiger partial charge on any atom is 0.149 e. The van der Waals surface area contributed by atoms with E-state index in [4.69, 9.17) is 5.73 Å². The predicted molar refractivity (Wildman–Crippen MR) is 83.6 cm³/mol. The lowest BCUT2D eigenvalue weighted by Gasteiger charge is -2.13.